The average molecular weight is 311 g/mol. The Morgan fingerprint density at radius 2 is 1.95 bits per heavy atom. The minimum Gasteiger partial charge on any atom is -0.478 e. The Hall–Kier alpha value is -2.15. The van der Waals surface area contributed by atoms with Crippen LogP contribution < -0.4 is 5.32 Å². The molecule has 1 amide bonds. The van der Waals surface area contributed by atoms with Crippen LogP contribution in [0.4, 0.5) is 5.69 Å². The van der Waals surface area contributed by atoms with E-state index in [1.165, 1.54) is 13.0 Å². The van der Waals surface area contributed by atoms with Gasteiger partial charge in [-0.1, -0.05) is 12.1 Å². The maximum atomic E-state index is 11.9. The van der Waals surface area contributed by atoms with Crippen LogP contribution in [-0.4, -0.2) is 36.9 Å². The highest BCUT2D eigenvalue weighted by atomic mass is 32.2. The summed E-state index contributed by atoms with van der Waals surface area (Å²) in [4.78, 5) is 22.4. The van der Waals surface area contributed by atoms with Gasteiger partial charge in [-0.25, -0.2) is 13.2 Å². The van der Waals surface area contributed by atoms with E-state index in [1.54, 1.807) is 25.1 Å². The zero-order valence-corrected chi connectivity index (χ0v) is 12.8. The van der Waals surface area contributed by atoms with Gasteiger partial charge < -0.3 is 10.4 Å². The van der Waals surface area contributed by atoms with Crippen molar-refractivity contribution in [3.05, 3.63) is 35.4 Å². The van der Waals surface area contributed by atoms with Gasteiger partial charge in [-0.2, -0.15) is 0 Å². The van der Waals surface area contributed by atoms with E-state index in [2.05, 4.69) is 5.32 Å². The first-order chi connectivity index (χ1) is 9.61. The molecule has 0 radical (unpaired) electrons. The Kier molecular flexibility index (Phi) is 5.26. The molecule has 0 saturated heterocycles. The number of aliphatic carboxylic acids is 1. The summed E-state index contributed by atoms with van der Waals surface area (Å²) >= 11 is 0. The molecular formula is C14H17NO5S. The van der Waals surface area contributed by atoms with Crippen molar-refractivity contribution < 1.29 is 23.1 Å². The average Bonchev–Trinajstić information content (AvgIpc) is 2.37. The molecule has 0 aliphatic heterocycles. The van der Waals surface area contributed by atoms with E-state index in [1.807, 2.05) is 0 Å². The van der Waals surface area contributed by atoms with Crippen molar-refractivity contribution in [2.75, 3.05) is 11.6 Å². The molecule has 1 aromatic carbocycles. The van der Waals surface area contributed by atoms with E-state index in [9.17, 15) is 18.0 Å². The maximum Gasteiger partial charge on any atom is 0.328 e. The summed E-state index contributed by atoms with van der Waals surface area (Å²) in [6.07, 6.45) is 3.36. The number of amides is 1. The van der Waals surface area contributed by atoms with E-state index in [-0.39, 0.29) is 0 Å². The van der Waals surface area contributed by atoms with Gasteiger partial charge in [0.1, 0.15) is 5.25 Å². The second kappa shape index (κ2) is 6.53. The predicted octanol–water partition coefficient (Wildman–Crippen LogP) is 1.46. The van der Waals surface area contributed by atoms with Gasteiger partial charge in [0.2, 0.25) is 5.91 Å². The molecule has 0 aliphatic rings. The molecule has 1 aromatic rings. The third-order valence-electron chi connectivity index (χ3n) is 2.95. The van der Waals surface area contributed by atoms with Gasteiger partial charge in [0.25, 0.3) is 0 Å². The molecule has 0 heterocycles. The number of carboxylic acid groups (broad SMARTS) is 1. The van der Waals surface area contributed by atoms with Gasteiger partial charge in [-0.15, -0.1) is 0 Å². The van der Waals surface area contributed by atoms with Crippen LogP contribution in [0.15, 0.2) is 24.3 Å². The fourth-order valence-corrected chi connectivity index (χ4v) is 1.92. The maximum absolute atomic E-state index is 11.9. The molecule has 0 aliphatic carbocycles. The Balaban J connectivity index is 3.00. The molecule has 0 bridgehead atoms. The number of rotatable bonds is 5. The third kappa shape index (κ3) is 5.03. The van der Waals surface area contributed by atoms with Crippen molar-refractivity contribution in [3.63, 3.8) is 0 Å². The number of hydrogen-bond donors (Lipinski definition) is 2. The van der Waals surface area contributed by atoms with Crippen molar-refractivity contribution in [2.45, 2.75) is 19.1 Å². The molecule has 0 saturated carbocycles. The number of carbonyl (C=O) groups is 2. The van der Waals surface area contributed by atoms with Gasteiger partial charge >= 0.3 is 5.97 Å². The predicted molar refractivity (Wildman–Crippen MR) is 80.8 cm³/mol. The van der Waals surface area contributed by atoms with Gasteiger partial charge in [0, 0.05) is 18.0 Å². The van der Waals surface area contributed by atoms with E-state index in [0.717, 1.165) is 17.9 Å². The van der Waals surface area contributed by atoms with E-state index >= 15 is 0 Å². The van der Waals surface area contributed by atoms with Crippen LogP contribution in [-0.2, 0) is 19.4 Å². The largest absolute Gasteiger partial charge is 0.478 e. The highest BCUT2D eigenvalue weighted by Crippen LogP contribution is 2.18. The van der Waals surface area contributed by atoms with Gasteiger partial charge in [0.15, 0.2) is 9.84 Å². The molecule has 2 N–H and O–H groups in total. The Morgan fingerprint density at radius 1 is 1.33 bits per heavy atom. The van der Waals surface area contributed by atoms with Crippen molar-refractivity contribution >= 4 is 33.5 Å². The fraction of sp³-hybridized carbons (Fsp3) is 0.286. The zero-order valence-electron chi connectivity index (χ0n) is 12.0. The molecule has 1 atom stereocenters. The normalized spacial score (nSPS) is 13.1. The number of anilines is 1. The molecule has 0 spiro atoms. The fourth-order valence-electron chi connectivity index (χ4n) is 1.47. The van der Waals surface area contributed by atoms with Crippen LogP contribution in [0.25, 0.3) is 6.08 Å². The molecule has 7 heteroatoms. The number of nitrogens with one attached hydrogen (secondary N) is 1. The van der Waals surface area contributed by atoms with Gasteiger partial charge in [-0.05, 0) is 37.1 Å². The number of benzene rings is 1. The zero-order chi connectivity index (χ0) is 16.2. The number of hydrogen-bond acceptors (Lipinski definition) is 4. The Labute approximate surface area is 123 Å². The lowest BCUT2D eigenvalue weighted by Crippen LogP contribution is -2.32. The SMILES string of the molecule is Cc1ccc(/C=C/C(=O)O)cc1NC(=O)C(C)S(C)(=O)=O. The van der Waals surface area contributed by atoms with Crippen LogP contribution >= 0.6 is 0 Å². The van der Waals surface area contributed by atoms with Crippen molar-refractivity contribution in [1.29, 1.82) is 0 Å². The van der Waals surface area contributed by atoms with E-state index in [0.29, 0.717) is 11.3 Å². The molecule has 1 unspecified atom stereocenters. The standard InChI is InChI=1S/C14H17NO5S/c1-9-4-5-11(6-7-13(16)17)8-12(9)15-14(18)10(2)21(3,19)20/h4-8,10H,1-3H3,(H,15,18)(H,16,17)/b7-6+. The third-order valence-corrected chi connectivity index (χ3v) is 4.45. The van der Waals surface area contributed by atoms with Crippen LogP contribution in [0.1, 0.15) is 18.1 Å². The summed E-state index contributed by atoms with van der Waals surface area (Å²) in [5.41, 5.74) is 1.78. The molecule has 0 aromatic heterocycles. The smallest absolute Gasteiger partial charge is 0.328 e. The summed E-state index contributed by atoms with van der Waals surface area (Å²) in [5, 5.41) is 9.97. The minimum absolute atomic E-state index is 0.447. The van der Waals surface area contributed by atoms with E-state index < -0.39 is 27.0 Å². The topological polar surface area (TPSA) is 101 Å². The Bertz CT molecular complexity index is 691. The van der Waals surface area contributed by atoms with Gasteiger partial charge in [-0.3, -0.25) is 4.79 Å². The highest BCUT2D eigenvalue weighted by Gasteiger charge is 2.23. The first-order valence-corrected chi connectivity index (χ1v) is 8.08. The summed E-state index contributed by atoms with van der Waals surface area (Å²) in [5.74, 6) is -1.70. The summed E-state index contributed by atoms with van der Waals surface area (Å²) in [6, 6.07) is 4.99. The number of carboxylic acids is 1. The molecule has 6 nitrogen and oxygen atoms in total. The molecule has 0 fully saturated rings. The van der Waals surface area contributed by atoms with Crippen molar-refractivity contribution in [3.8, 4) is 0 Å². The van der Waals surface area contributed by atoms with Crippen molar-refractivity contribution in [1.82, 2.24) is 0 Å². The van der Waals surface area contributed by atoms with Crippen LogP contribution in [0.5, 0.6) is 0 Å². The van der Waals surface area contributed by atoms with Crippen LogP contribution in [0.2, 0.25) is 0 Å². The monoisotopic (exact) mass is 311 g/mol. The molecule has 114 valence electrons. The van der Waals surface area contributed by atoms with Crippen LogP contribution in [0, 0.1) is 6.92 Å². The second-order valence-corrected chi connectivity index (χ2v) is 7.07. The first-order valence-electron chi connectivity index (χ1n) is 6.12. The number of aryl methyl sites for hydroxylation is 1. The van der Waals surface area contributed by atoms with E-state index in [4.69, 9.17) is 5.11 Å². The lowest BCUT2D eigenvalue weighted by Gasteiger charge is -2.13. The molecular weight excluding hydrogens is 294 g/mol. The summed E-state index contributed by atoms with van der Waals surface area (Å²) < 4.78 is 22.7. The summed E-state index contributed by atoms with van der Waals surface area (Å²) in [7, 11) is -3.47. The minimum atomic E-state index is -3.47. The lowest BCUT2D eigenvalue weighted by molar-refractivity contribution is -0.131. The first kappa shape index (κ1) is 16.9. The molecule has 1 rings (SSSR count). The Morgan fingerprint density at radius 3 is 2.48 bits per heavy atom. The molecule has 21 heavy (non-hydrogen) atoms. The lowest BCUT2D eigenvalue weighted by atomic mass is 10.1. The number of sulfone groups is 1. The van der Waals surface area contributed by atoms with Crippen LogP contribution in [0.3, 0.4) is 0 Å². The van der Waals surface area contributed by atoms with Crippen molar-refractivity contribution in [2.24, 2.45) is 0 Å². The summed E-state index contributed by atoms with van der Waals surface area (Å²) in [6.45, 7) is 3.07. The van der Waals surface area contributed by atoms with Gasteiger partial charge in [0.05, 0.1) is 0 Å². The quantitative estimate of drug-likeness (QED) is 0.802. The second-order valence-electron chi connectivity index (χ2n) is 4.71. The number of carbonyl (C=O) groups excluding carboxylic acids is 1. The highest BCUT2D eigenvalue weighted by molar-refractivity contribution is 7.92.